The van der Waals surface area contributed by atoms with E-state index in [2.05, 4.69) is 13.2 Å². The van der Waals surface area contributed by atoms with Crippen LogP contribution in [0, 0.1) is 0 Å². The zero-order valence-corrected chi connectivity index (χ0v) is 21.8. The normalized spacial score (nSPS) is 16.2. The molecule has 0 bridgehead atoms. The summed E-state index contributed by atoms with van der Waals surface area (Å²) in [5.41, 5.74) is 0. The maximum Gasteiger partial charge on any atom is 0.332 e. The highest BCUT2D eigenvalue weighted by molar-refractivity contribution is 5.81. The minimum Gasteiger partial charge on any atom is -0.430 e. The van der Waals surface area contributed by atoms with Crippen LogP contribution in [0.1, 0.15) is 20.8 Å². The molecule has 0 saturated heterocycles. The van der Waals surface area contributed by atoms with Crippen molar-refractivity contribution in [1.29, 1.82) is 0 Å². The lowest BCUT2D eigenvalue weighted by Gasteiger charge is -2.22. The van der Waals surface area contributed by atoms with Gasteiger partial charge >= 0.3 is 11.9 Å². The maximum atomic E-state index is 11.3. The van der Waals surface area contributed by atoms with Gasteiger partial charge in [0.25, 0.3) is 0 Å². The third kappa shape index (κ3) is 19.8. The second kappa shape index (κ2) is 22.1. The predicted molar refractivity (Wildman–Crippen MR) is 129 cm³/mol. The van der Waals surface area contributed by atoms with Gasteiger partial charge in [0, 0.05) is 12.2 Å². The Morgan fingerprint density at radius 3 is 1.43 bits per heavy atom. The average Bonchev–Trinajstić information content (AvgIpc) is 2.85. The lowest BCUT2D eigenvalue weighted by molar-refractivity contribution is -0.203. The van der Waals surface area contributed by atoms with E-state index in [0.717, 1.165) is 12.2 Å². The van der Waals surface area contributed by atoms with Crippen molar-refractivity contribution in [1.82, 2.24) is 0 Å². The first kappa shape index (κ1) is 35.1. The molecule has 37 heavy (non-hydrogen) atoms. The molecule has 0 heterocycles. The summed E-state index contributed by atoms with van der Waals surface area (Å²) in [7, 11) is 0. The van der Waals surface area contributed by atoms with Crippen molar-refractivity contribution in [2.75, 3.05) is 59.5 Å². The molecule has 0 rings (SSSR count). The van der Waals surface area contributed by atoms with Gasteiger partial charge in [-0.3, -0.25) is 0 Å². The van der Waals surface area contributed by atoms with Crippen molar-refractivity contribution in [2.24, 2.45) is 0 Å². The summed E-state index contributed by atoms with van der Waals surface area (Å²) < 4.78 is 42.5. The number of ether oxygens (including phenoxy) is 8. The lowest BCUT2D eigenvalue weighted by Crippen LogP contribution is -2.34. The van der Waals surface area contributed by atoms with E-state index in [-0.39, 0.29) is 59.5 Å². The average molecular weight is 539 g/mol. The number of aliphatic hydroxyl groups is 3. The monoisotopic (exact) mass is 538 g/mol. The zero-order chi connectivity index (χ0) is 28.1. The number of hydrogen-bond acceptors (Lipinski definition) is 13. The van der Waals surface area contributed by atoms with Crippen molar-refractivity contribution in [3.05, 3.63) is 25.3 Å². The first-order valence-electron chi connectivity index (χ1n) is 11.9. The van der Waals surface area contributed by atoms with Crippen LogP contribution < -0.4 is 0 Å². The smallest absolute Gasteiger partial charge is 0.332 e. The highest BCUT2D eigenvalue weighted by Crippen LogP contribution is 2.05. The van der Waals surface area contributed by atoms with E-state index in [1.165, 1.54) is 13.8 Å². The van der Waals surface area contributed by atoms with Crippen molar-refractivity contribution in [3.63, 3.8) is 0 Å². The molecule has 6 unspecified atom stereocenters. The number of carbonyl (C=O) groups is 2. The van der Waals surface area contributed by atoms with Crippen LogP contribution in [0.5, 0.6) is 0 Å². The maximum absolute atomic E-state index is 11.3. The molecule has 0 aliphatic rings. The Balaban J connectivity index is 4.54. The Bertz CT molecular complexity index is 624. The minimum absolute atomic E-state index is 0.00182. The Morgan fingerprint density at radius 1 is 0.649 bits per heavy atom. The molecule has 216 valence electrons. The molecule has 0 aliphatic heterocycles. The van der Waals surface area contributed by atoms with Crippen LogP contribution >= 0.6 is 0 Å². The molecule has 0 fully saturated rings. The fourth-order valence-electron chi connectivity index (χ4n) is 2.42. The number of carbonyl (C=O) groups excluding carboxylic acids is 2. The molecule has 0 aromatic carbocycles. The summed E-state index contributed by atoms with van der Waals surface area (Å²) in [6, 6.07) is 0. The SMILES string of the molecule is C=CC(=O)OC(OCCOCC(COCCOCC(C)O)OCCOC(OC(=O)C=C)C(C)O)C(C)O. The third-order valence-corrected chi connectivity index (χ3v) is 4.15. The molecule has 0 aromatic heterocycles. The van der Waals surface area contributed by atoms with Crippen LogP contribution in [0.2, 0.25) is 0 Å². The van der Waals surface area contributed by atoms with Gasteiger partial charge in [0.1, 0.15) is 18.3 Å². The minimum atomic E-state index is -1.18. The second-order valence-corrected chi connectivity index (χ2v) is 7.81. The first-order chi connectivity index (χ1) is 17.6. The highest BCUT2D eigenvalue weighted by Gasteiger charge is 2.21. The van der Waals surface area contributed by atoms with Crippen molar-refractivity contribution in [3.8, 4) is 0 Å². The molecule has 0 amide bonds. The van der Waals surface area contributed by atoms with Crippen LogP contribution in [-0.2, 0) is 47.5 Å². The summed E-state index contributed by atoms with van der Waals surface area (Å²) in [4.78, 5) is 22.7. The van der Waals surface area contributed by atoms with E-state index >= 15 is 0 Å². The largest absolute Gasteiger partial charge is 0.430 e. The van der Waals surface area contributed by atoms with Crippen LogP contribution in [-0.4, -0.2) is 124 Å². The quantitative estimate of drug-likeness (QED) is 0.0635. The number of esters is 2. The highest BCUT2D eigenvalue weighted by atomic mass is 16.7. The summed E-state index contributed by atoms with van der Waals surface area (Å²) in [6.45, 7) is 12.2. The molecule has 0 saturated carbocycles. The second-order valence-electron chi connectivity index (χ2n) is 7.81. The Hall–Kier alpha value is -1.94. The van der Waals surface area contributed by atoms with Gasteiger partial charge in [-0.05, 0) is 20.8 Å². The van der Waals surface area contributed by atoms with Crippen LogP contribution in [0.4, 0.5) is 0 Å². The van der Waals surface area contributed by atoms with Gasteiger partial charge in [-0.1, -0.05) is 13.2 Å². The van der Waals surface area contributed by atoms with E-state index in [0.29, 0.717) is 0 Å². The molecule has 0 aliphatic carbocycles. The van der Waals surface area contributed by atoms with E-state index in [1.54, 1.807) is 6.92 Å². The van der Waals surface area contributed by atoms with Gasteiger partial charge < -0.3 is 53.2 Å². The van der Waals surface area contributed by atoms with Gasteiger partial charge in [0.05, 0.1) is 65.6 Å². The summed E-state index contributed by atoms with van der Waals surface area (Å²) in [5, 5.41) is 28.5. The fourth-order valence-corrected chi connectivity index (χ4v) is 2.42. The predicted octanol–water partition coefficient (Wildman–Crippen LogP) is -0.292. The van der Waals surface area contributed by atoms with Crippen LogP contribution in [0.3, 0.4) is 0 Å². The van der Waals surface area contributed by atoms with E-state index in [9.17, 15) is 24.9 Å². The summed E-state index contributed by atoms with van der Waals surface area (Å²) in [5.74, 6) is -1.46. The van der Waals surface area contributed by atoms with Crippen molar-refractivity contribution >= 4 is 11.9 Å². The molecule has 0 radical (unpaired) electrons. The van der Waals surface area contributed by atoms with Gasteiger partial charge in [0.15, 0.2) is 0 Å². The number of rotatable bonds is 24. The summed E-state index contributed by atoms with van der Waals surface area (Å²) >= 11 is 0. The van der Waals surface area contributed by atoms with Crippen LogP contribution in [0.25, 0.3) is 0 Å². The molecule has 6 atom stereocenters. The van der Waals surface area contributed by atoms with Gasteiger partial charge in [-0.15, -0.1) is 0 Å². The van der Waals surface area contributed by atoms with Crippen molar-refractivity contribution in [2.45, 2.75) is 57.8 Å². The number of hydrogen-bond donors (Lipinski definition) is 3. The Labute approximate surface area is 217 Å². The van der Waals surface area contributed by atoms with E-state index in [1.807, 2.05) is 0 Å². The fraction of sp³-hybridized carbons (Fsp3) is 0.750. The van der Waals surface area contributed by atoms with Crippen molar-refractivity contribution < 1.29 is 62.8 Å². The van der Waals surface area contributed by atoms with Crippen LogP contribution in [0.15, 0.2) is 25.3 Å². The Kier molecular flexibility index (Phi) is 20.9. The third-order valence-electron chi connectivity index (χ3n) is 4.15. The molecule has 3 N–H and O–H groups in total. The first-order valence-corrected chi connectivity index (χ1v) is 11.9. The zero-order valence-electron chi connectivity index (χ0n) is 21.8. The Morgan fingerprint density at radius 2 is 1.03 bits per heavy atom. The molecule has 0 spiro atoms. The molecule has 13 nitrogen and oxygen atoms in total. The summed E-state index contributed by atoms with van der Waals surface area (Å²) in [6.07, 6.45) is -3.64. The molecular formula is C24H42O13. The standard InChI is InChI=1S/C24H42O13/c1-6-21(28)36-23(18(4)26)34-11-10-32-16-20(15-31-9-8-30-14-17(3)25)33-12-13-35-24(19(5)27)37-22(29)7-2/h6-7,17-20,23-27H,1-2,8-16H2,3-5H3. The van der Waals surface area contributed by atoms with Gasteiger partial charge in [0.2, 0.25) is 12.6 Å². The molecule has 13 heteroatoms. The van der Waals surface area contributed by atoms with E-state index < -0.39 is 48.9 Å². The number of aliphatic hydroxyl groups excluding tert-OH is 3. The van der Waals surface area contributed by atoms with Gasteiger partial charge in [-0.25, -0.2) is 9.59 Å². The topological polar surface area (TPSA) is 169 Å². The lowest BCUT2D eigenvalue weighted by atomic mass is 10.4. The van der Waals surface area contributed by atoms with E-state index in [4.69, 9.17) is 37.9 Å². The molecule has 0 aromatic rings. The van der Waals surface area contributed by atoms with Gasteiger partial charge in [-0.2, -0.15) is 0 Å². The molecular weight excluding hydrogens is 496 g/mol.